The van der Waals surface area contributed by atoms with Gasteiger partial charge in [-0.05, 0) is 51.0 Å². The Balaban J connectivity index is 1.69. The summed E-state index contributed by atoms with van der Waals surface area (Å²) in [5, 5.41) is 5.85. The number of carbonyl (C=O) groups excluding carboxylic acids is 2. The van der Waals surface area contributed by atoms with Gasteiger partial charge in [-0.15, -0.1) is 0 Å². The fraction of sp³-hybridized carbons (Fsp3) is 0.857. The van der Waals surface area contributed by atoms with Crippen molar-refractivity contribution in [2.24, 2.45) is 5.92 Å². The van der Waals surface area contributed by atoms with E-state index in [1.807, 2.05) is 0 Å². The standard InChI is InChI=1S/C14H23N3O2/c1-15-14(19)12(9-4-5-9)17-8-2-3-11(17)13(18)16-10-6-7-10/h9-12H,2-8H2,1H3,(H,15,19)(H,16,18)/t11-,12+/m0/s1. The molecule has 5 nitrogen and oxygen atoms in total. The van der Waals surface area contributed by atoms with Crippen LogP contribution in [0.5, 0.6) is 0 Å². The molecule has 0 aromatic rings. The van der Waals surface area contributed by atoms with Crippen molar-refractivity contribution < 1.29 is 9.59 Å². The molecule has 1 aliphatic heterocycles. The Morgan fingerprint density at radius 1 is 1.16 bits per heavy atom. The molecular weight excluding hydrogens is 242 g/mol. The van der Waals surface area contributed by atoms with Crippen molar-refractivity contribution in [1.82, 2.24) is 15.5 Å². The van der Waals surface area contributed by atoms with Crippen molar-refractivity contribution in [2.75, 3.05) is 13.6 Å². The lowest BCUT2D eigenvalue weighted by Gasteiger charge is -2.31. The number of rotatable bonds is 5. The molecule has 3 fully saturated rings. The van der Waals surface area contributed by atoms with Crippen LogP contribution in [0.4, 0.5) is 0 Å². The number of carbonyl (C=O) groups is 2. The average Bonchev–Trinajstić information content (AvgIpc) is 3.31. The molecule has 3 rings (SSSR count). The molecule has 1 heterocycles. The first-order valence-electron chi connectivity index (χ1n) is 7.48. The van der Waals surface area contributed by atoms with Crippen molar-refractivity contribution in [3.63, 3.8) is 0 Å². The van der Waals surface area contributed by atoms with Crippen LogP contribution in [0.25, 0.3) is 0 Å². The lowest BCUT2D eigenvalue weighted by Crippen LogP contribution is -2.54. The molecule has 2 aliphatic carbocycles. The molecule has 0 spiro atoms. The Hall–Kier alpha value is -1.10. The number of likely N-dealkylation sites (tertiary alicyclic amines) is 1. The van der Waals surface area contributed by atoms with E-state index < -0.39 is 0 Å². The maximum atomic E-state index is 12.3. The van der Waals surface area contributed by atoms with Crippen LogP contribution < -0.4 is 10.6 Å². The average molecular weight is 265 g/mol. The smallest absolute Gasteiger partial charge is 0.237 e. The highest BCUT2D eigenvalue weighted by atomic mass is 16.2. The summed E-state index contributed by atoms with van der Waals surface area (Å²) >= 11 is 0. The van der Waals surface area contributed by atoms with E-state index in [1.165, 1.54) is 0 Å². The van der Waals surface area contributed by atoms with Gasteiger partial charge in [0.25, 0.3) is 0 Å². The van der Waals surface area contributed by atoms with E-state index in [4.69, 9.17) is 0 Å². The van der Waals surface area contributed by atoms with E-state index in [0.717, 1.165) is 45.1 Å². The van der Waals surface area contributed by atoms with Crippen LogP contribution in [-0.4, -0.2) is 48.4 Å². The van der Waals surface area contributed by atoms with Gasteiger partial charge in [-0.3, -0.25) is 14.5 Å². The van der Waals surface area contributed by atoms with Gasteiger partial charge >= 0.3 is 0 Å². The van der Waals surface area contributed by atoms with Gasteiger partial charge in [0.15, 0.2) is 0 Å². The van der Waals surface area contributed by atoms with Crippen LogP contribution in [0.15, 0.2) is 0 Å². The first-order chi connectivity index (χ1) is 9.20. The van der Waals surface area contributed by atoms with Crippen LogP contribution in [0.2, 0.25) is 0 Å². The fourth-order valence-electron chi connectivity index (χ4n) is 3.12. The summed E-state index contributed by atoms with van der Waals surface area (Å²) in [6.07, 6.45) is 6.36. The highest BCUT2D eigenvalue weighted by molar-refractivity contribution is 5.86. The number of likely N-dealkylation sites (N-methyl/N-ethyl adjacent to an activating group) is 1. The molecule has 0 aromatic heterocycles. The second-order valence-electron chi connectivity index (χ2n) is 6.08. The van der Waals surface area contributed by atoms with E-state index in [0.29, 0.717) is 12.0 Å². The van der Waals surface area contributed by atoms with Gasteiger partial charge in [-0.25, -0.2) is 0 Å². The fourth-order valence-corrected chi connectivity index (χ4v) is 3.12. The number of hydrogen-bond donors (Lipinski definition) is 2. The van der Waals surface area contributed by atoms with Crippen LogP contribution >= 0.6 is 0 Å². The lowest BCUT2D eigenvalue weighted by molar-refractivity contribution is -0.131. The maximum absolute atomic E-state index is 12.3. The van der Waals surface area contributed by atoms with Gasteiger partial charge in [0.2, 0.25) is 11.8 Å². The summed E-state index contributed by atoms with van der Waals surface area (Å²) in [5.41, 5.74) is 0. The third-order valence-electron chi connectivity index (χ3n) is 4.46. The van der Waals surface area contributed by atoms with Crippen LogP contribution in [0.1, 0.15) is 38.5 Å². The zero-order valence-electron chi connectivity index (χ0n) is 11.5. The monoisotopic (exact) mass is 265 g/mol. The SMILES string of the molecule is CNC(=O)[C@@H](C1CC1)N1CCC[C@H]1C(=O)NC1CC1. The lowest BCUT2D eigenvalue weighted by atomic mass is 10.1. The Labute approximate surface area is 114 Å². The van der Waals surface area contributed by atoms with Crippen LogP contribution in [-0.2, 0) is 9.59 Å². The van der Waals surface area contributed by atoms with Gasteiger partial charge < -0.3 is 10.6 Å². The molecule has 106 valence electrons. The molecular formula is C14H23N3O2. The summed E-state index contributed by atoms with van der Waals surface area (Å²) in [7, 11) is 1.69. The zero-order chi connectivity index (χ0) is 13.4. The summed E-state index contributed by atoms with van der Waals surface area (Å²) in [4.78, 5) is 26.5. The number of hydrogen-bond acceptors (Lipinski definition) is 3. The summed E-state index contributed by atoms with van der Waals surface area (Å²) in [6, 6.07) is 0.209. The molecule has 5 heteroatoms. The highest BCUT2D eigenvalue weighted by Gasteiger charge is 2.46. The summed E-state index contributed by atoms with van der Waals surface area (Å²) in [5.74, 6) is 0.664. The third kappa shape index (κ3) is 2.76. The predicted molar refractivity (Wildman–Crippen MR) is 71.5 cm³/mol. The van der Waals surface area contributed by atoms with Crippen molar-refractivity contribution >= 4 is 11.8 Å². The van der Waals surface area contributed by atoms with Crippen molar-refractivity contribution in [3.8, 4) is 0 Å². The predicted octanol–water partition coefficient (Wildman–Crippen LogP) is 0.254. The topological polar surface area (TPSA) is 61.4 Å². The molecule has 2 atom stereocenters. The normalized spacial score (nSPS) is 29.0. The van der Waals surface area contributed by atoms with Crippen LogP contribution in [0, 0.1) is 5.92 Å². The Bertz CT molecular complexity index is 377. The molecule has 19 heavy (non-hydrogen) atoms. The second-order valence-corrected chi connectivity index (χ2v) is 6.08. The van der Waals surface area contributed by atoms with Crippen molar-refractivity contribution in [1.29, 1.82) is 0 Å². The molecule has 2 N–H and O–H groups in total. The minimum absolute atomic E-state index is 0.0774. The van der Waals surface area contributed by atoms with Crippen LogP contribution in [0.3, 0.4) is 0 Å². The first kappa shape index (κ1) is 12.9. The third-order valence-corrected chi connectivity index (χ3v) is 4.46. The molecule has 2 saturated carbocycles. The highest BCUT2D eigenvalue weighted by Crippen LogP contribution is 2.38. The van der Waals surface area contributed by atoms with E-state index in [-0.39, 0.29) is 23.9 Å². The molecule has 0 radical (unpaired) electrons. The van der Waals surface area contributed by atoms with Gasteiger partial charge in [0, 0.05) is 13.1 Å². The maximum Gasteiger partial charge on any atom is 0.237 e. The summed E-state index contributed by atoms with van der Waals surface area (Å²) < 4.78 is 0. The minimum atomic E-state index is -0.0950. The van der Waals surface area contributed by atoms with Gasteiger partial charge in [0.1, 0.15) is 0 Å². The zero-order valence-corrected chi connectivity index (χ0v) is 11.5. The molecule has 0 unspecified atom stereocenters. The number of nitrogens with one attached hydrogen (secondary N) is 2. The van der Waals surface area contributed by atoms with Gasteiger partial charge in [-0.1, -0.05) is 0 Å². The number of nitrogens with zero attached hydrogens (tertiary/aromatic N) is 1. The minimum Gasteiger partial charge on any atom is -0.358 e. The van der Waals surface area contributed by atoms with E-state index in [2.05, 4.69) is 15.5 Å². The van der Waals surface area contributed by atoms with Crippen molar-refractivity contribution in [2.45, 2.75) is 56.7 Å². The van der Waals surface area contributed by atoms with Crippen molar-refractivity contribution in [3.05, 3.63) is 0 Å². The largest absolute Gasteiger partial charge is 0.358 e. The molecule has 3 aliphatic rings. The molecule has 2 amide bonds. The van der Waals surface area contributed by atoms with Gasteiger partial charge in [0.05, 0.1) is 12.1 Å². The molecule has 1 saturated heterocycles. The van der Waals surface area contributed by atoms with E-state index >= 15 is 0 Å². The van der Waals surface area contributed by atoms with E-state index in [1.54, 1.807) is 7.05 Å². The molecule has 0 aromatic carbocycles. The van der Waals surface area contributed by atoms with E-state index in [9.17, 15) is 9.59 Å². The Morgan fingerprint density at radius 3 is 2.47 bits per heavy atom. The molecule has 0 bridgehead atoms. The second kappa shape index (κ2) is 5.12. The first-order valence-corrected chi connectivity index (χ1v) is 7.48. The quantitative estimate of drug-likeness (QED) is 0.749. The Kier molecular flexibility index (Phi) is 3.48. The number of amides is 2. The summed E-state index contributed by atoms with van der Waals surface area (Å²) in [6.45, 7) is 0.872. The Morgan fingerprint density at radius 2 is 1.89 bits per heavy atom. The van der Waals surface area contributed by atoms with Gasteiger partial charge in [-0.2, -0.15) is 0 Å².